The molecule has 1 amide bonds. The van der Waals surface area contributed by atoms with Gasteiger partial charge in [-0.1, -0.05) is 55.1 Å². The van der Waals surface area contributed by atoms with Gasteiger partial charge in [-0.3, -0.25) is 9.59 Å². The lowest BCUT2D eigenvalue weighted by molar-refractivity contribution is -0.121. The van der Waals surface area contributed by atoms with Gasteiger partial charge in [0.25, 0.3) is 0 Å². The van der Waals surface area contributed by atoms with E-state index < -0.39 is 0 Å². The van der Waals surface area contributed by atoms with E-state index in [1.54, 1.807) is 6.92 Å². The van der Waals surface area contributed by atoms with Crippen molar-refractivity contribution in [3.8, 4) is 0 Å². The molecule has 0 aromatic heterocycles. The minimum atomic E-state index is -0.339. The zero-order valence-corrected chi connectivity index (χ0v) is 15.1. The fourth-order valence-electron chi connectivity index (χ4n) is 3.05. The Balaban J connectivity index is 2.48. The van der Waals surface area contributed by atoms with Crippen LogP contribution in [0.5, 0.6) is 0 Å². The molecule has 0 bridgehead atoms. The Labute approximate surface area is 149 Å². The number of benzene rings is 2. The highest BCUT2D eigenvalue weighted by Crippen LogP contribution is 2.33. The molecule has 2 atom stereocenters. The maximum absolute atomic E-state index is 12.4. The standard InChI is InChI=1S/C22H25NO2/c1-5-21(25)23-14-20(17(4)24)22(18-9-7-6-8-10-18)19-12-11-15(2)16(3)13-19/h5-13,20,22H,1,14H2,2-4H3,(H,23,25). The third-order valence-corrected chi connectivity index (χ3v) is 4.65. The summed E-state index contributed by atoms with van der Waals surface area (Å²) in [5.41, 5.74) is 4.56. The Morgan fingerprint density at radius 3 is 2.28 bits per heavy atom. The molecule has 0 aliphatic heterocycles. The van der Waals surface area contributed by atoms with Crippen molar-refractivity contribution >= 4 is 11.7 Å². The molecule has 0 heterocycles. The predicted octanol–water partition coefficient (Wildman–Crippen LogP) is 3.94. The highest BCUT2D eigenvalue weighted by atomic mass is 16.1. The Morgan fingerprint density at radius 2 is 1.72 bits per heavy atom. The van der Waals surface area contributed by atoms with Gasteiger partial charge in [0, 0.05) is 18.4 Å². The summed E-state index contributed by atoms with van der Waals surface area (Å²) in [5.74, 6) is -0.661. The predicted molar refractivity (Wildman–Crippen MR) is 102 cm³/mol. The summed E-state index contributed by atoms with van der Waals surface area (Å²) in [6.07, 6.45) is 1.23. The molecule has 2 rings (SSSR count). The largest absolute Gasteiger partial charge is 0.352 e. The maximum atomic E-state index is 12.4. The minimum absolute atomic E-state index is 0.0523. The molecule has 2 unspecified atom stereocenters. The monoisotopic (exact) mass is 335 g/mol. The van der Waals surface area contributed by atoms with Gasteiger partial charge in [0.2, 0.25) is 5.91 Å². The number of aryl methyl sites for hydroxylation is 2. The van der Waals surface area contributed by atoms with Gasteiger partial charge in [0.05, 0.1) is 0 Å². The number of amides is 1. The number of carbonyl (C=O) groups is 2. The van der Waals surface area contributed by atoms with Crippen molar-refractivity contribution in [1.82, 2.24) is 5.32 Å². The maximum Gasteiger partial charge on any atom is 0.243 e. The third-order valence-electron chi connectivity index (χ3n) is 4.65. The first-order chi connectivity index (χ1) is 11.9. The van der Waals surface area contributed by atoms with Crippen LogP contribution in [0.25, 0.3) is 0 Å². The third kappa shape index (κ3) is 4.66. The van der Waals surface area contributed by atoms with Crippen LogP contribution in [0, 0.1) is 19.8 Å². The number of hydrogen-bond donors (Lipinski definition) is 1. The fraction of sp³-hybridized carbons (Fsp3) is 0.273. The average molecular weight is 335 g/mol. The molecule has 0 spiro atoms. The van der Waals surface area contributed by atoms with Crippen molar-refractivity contribution in [2.75, 3.05) is 6.54 Å². The Morgan fingerprint density at radius 1 is 1.04 bits per heavy atom. The molecule has 3 heteroatoms. The minimum Gasteiger partial charge on any atom is -0.352 e. The van der Waals surface area contributed by atoms with Crippen molar-refractivity contribution in [2.45, 2.75) is 26.7 Å². The smallest absolute Gasteiger partial charge is 0.243 e. The Bertz CT molecular complexity index is 765. The molecule has 0 aliphatic carbocycles. The highest BCUT2D eigenvalue weighted by Gasteiger charge is 2.29. The van der Waals surface area contributed by atoms with Crippen LogP contribution in [0.3, 0.4) is 0 Å². The lowest BCUT2D eigenvalue weighted by atomic mass is 9.78. The molecule has 25 heavy (non-hydrogen) atoms. The summed E-state index contributed by atoms with van der Waals surface area (Å²) in [6.45, 7) is 9.48. The summed E-state index contributed by atoms with van der Waals surface area (Å²) < 4.78 is 0. The van der Waals surface area contributed by atoms with Gasteiger partial charge in [-0.2, -0.15) is 0 Å². The topological polar surface area (TPSA) is 46.2 Å². The molecule has 0 saturated heterocycles. The van der Waals surface area contributed by atoms with Gasteiger partial charge >= 0.3 is 0 Å². The van der Waals surface area contributed by atoms with Gasteiger partial charge in [0.15, 0.2) is 0 Å². The highest BCUT2D eigenvalue weighted by molar-refractivity contribution is 5.88. The normalized spacial score (nSPS) is 12.9. The fourth-order valence-corrected chi connectivity index (χ4v) is 3.05. The molecule has 130 valence electrons. The molecule has 0 fully saturated rings. The van der Waals surface area contributed by atoms with E-state index in [0.29, 0.717) is 0 Å². The number of nitrogens with one attached hydrogen (secondary N) is 1. The van der Waals surface area contributed by atoms with E-state index in [0.717, 1.165) is 11.1 Å². The van der Waals surface area contributed by atoms with E-state index in [2.05, 4.69) is 43.9 Å². The second-order valence-corrected chi connectivity index (χ2v) is 6.40. The first kappa shape index (κ1) is 18.7. The summed E-state index contributed by atoms with van der Waals surface area (Å²) in [4.78, 5) is 24.0. The van der Waals surface area contributed by atoms with Crippen molar-refractivity contribution in [3.05, 3.63) is 83.4 Å². The Kier molecular flexibility index (Phi) is 6.29. The van der Waals surface area contributed by atoms with E-state index in [-0.39, 0.29) is 30.1 Å². The van der Waals surface area contributed by atoms with Crippen LogP contribution in [-0.4, -0.2) is 18.2 Å². The lowest BCUT2D eigenvalue weighted by Crippen LogP contribution is -2.35. The summed E-state index contributed by atoms with van der Waals surface area (Å²) in [5, 5.41) is 2.78. The number of rotatable bonds is 7. The molecule has 0 radical (unpaired) electrons. The Hall–Kier alpha value is -2.68. The van der Waals surface area contributed by atoms with Gasteiger partial charge in [-0.25, -0.2) is 0 Å². The molecular formula is C22H25NO2. The van der Waals surface area contributed by atoms with Crippen molar-refractivity contribution < 1.29 is 9.59 Å². The molecule has 3 nitrogen and oxygen atoms in total. The quantitative estimate of drug-likeness (QED) is 0.779. The van der Waals surface area contributed by atoms with E-state index in [4.69, 9.17) is 0 Å². The van der Waals surface area contributed by atoms with Crippen LogP contribution < -0.4 is 5.32 Å². The van der Waals surface area contributed by atoms with Gasteiger partial charge in [-0.15, -0.1) is 0 Å². The number of hydrogen-bond acceptors (Lipinski definition) is 2. The molecule has 0 aliphatic rings. The van der Waals surface area contributed by atoms with E-state index >= 15 is 0 Å². The number of carbonyl (C=O) groups excluding carboxylic acids is 2. The van der Waals surface area contributed by atoms with Crippen molar-refractivity contribution in [3.63, 3.8) is 0 Å². The molecule has 1 N–H and O–H groups in total. The molecule has 2 aromatic rings. The van der Waals surface area contributed by atoms with Crippen molar-refractivity contribution in [2.24, 2.45) is 5.92 Å². The summed E-state index contributed by atoms with van der Waals surface area (Å²) in [7, 11) is 0. The zero-order chi connectivity index (χ0) is 18.4. The number of ketones is 1. The lowest BCUT2D eigenvalue weighted by Gasteiger charge is -2.27. The first-order valence-electron chi connectivity index (χ1n) is 8.47. The van der Waals surface area contributed by atoms with Crippen LogP contribution in [0.2, 0.25) is 0 Å². The van der Waals surface area contributed by atoms with Gasteiger partial charge < -0.3 is 5.32 Å². The van der Waals surface area contributed by atoms with Gasteiger partial charge in [0.1, 0.15) is 5.78 Å². The molecule has 0 saturated carbocycles. The van der Waals surface area contributed by atoms with Crippen LogP contribution in [0.1, 0.15) is 35.1 Å². The van der Waals surface area contributed by atoms with Crippen LogP contribution in [-0.2, 0) is 9.59 Å². The average Bonchev–Trinajstić information content (AvgIpc) is 2.61. The van der Waals surface area contributed by atoms with E-state index in [9.17, 15) is 9.59 Å². The summed E-state index contributed by atoms with van der Waals surface area (Å²) in [6, 6.07) is 16.3. The second-order valence-electron chi connectivity index (χ2n) is 6.40. The van der Waals surface area contributed by atoms with Crippen LogP contribution in [0.15, 0.2) is 61.2 Å². The second kappa shape index (κ2) is 8.43. The van der Waals surface area contributed by atoms with Crippen molar-refractivity contribution in [1.29, 1.82) is 0 Å². The van der Waals surface area contributed by atoms with E-state index in [1.807, 2.05) is 30.3 Å². The summed E-state index contributed by atoms with van der Waals surface area (Å²) >= 11 is 0. The number of Topliss-reactive ketones (excluding diaryl/α,β-unsaturated/α-hetero) is 1. The zero-order valence-electron chi connectivity index (χ0n) is 15.1. The SMILES string of the molecule is C=CC(=O)NCC(C(C)=O)C(c1ccccc1)c1ccc(C)c(C)c1. The van der Waals surface area contributed by atoms with E-state index in [1.165, 1.54) is 17.2 Å². The first-order valence-corrected chi connectivity index (χ1v) is 8.47. The molecule has 2 aromatic carbocycles. The van der Waals surface area contributed by atoms with Gasteiger partial charge in [-0.05, 0) is 49.1 Å². The molecular weight excluding hydrogens is 310 g/mol. The van der Waals surface area contributed by atoms with Crippen LogP contribution >= 0.6 is 0 Å². The van der Waals surface area contributed by atoms with Crippen LogP contribution in [0.4, 0.5) is 0 Å².